The van der Waals surface area contributed by atoms with E-state index < -0.39 is 0 Å². The summed E-state index contributed by atoms with van der Waals surface area (Å²) in [5.74, 6) is 1.77. The first kappa shape index (κ1) is 42.4. The molecule has 0 unspecified atom stereocenters. The van der Waals surface area contributed by atoms with Crippen LogP contribution in [0.4, 0.5) is 29.0 Å². The van der Waals surface area contributed by atoms with E-state index in [9.17, 15) is 0 Å². The van der Waals surface area contributed by atoms with E-state index in [1.807, 2.05) is 54.9 Å². The molecule has 5 heterocycles. The molecule has 1 fully saturated rings. The summed E-state index contributed by atoms with van der Waals surface area (Å²) >= 11 is 21.0. The highest BCUT2D eigenvalue weighted by Crippen LogP contribution is 2.46. The third kappa shape index (κ3) is 8.36. The number of fused-ring (bicyclic) bond motifs is 2. The van der Waals surface area contributed by atoms with Crippen LogP contribution >= 0.6 is 34.8 Å². The fraction of sp³-hybridized carbons (Fsp3) is 0.240. The first-order chi connectivity index (χ1) is 30.3. The summed E-state index contributed by atoms with van der Waals surface area (Å²) in [6.07, 6.45) is 7.11. The highest BCUT2D eigenvalue weighted by Gasteiger charge is 2.31. The molecule has 1 aliphatic heterocycles. The molecule has 0 aliphatic carbocycles. The van der Waals surface area contributed by atoms with Crippen LogP contribution in [0, 0.1) is 0 Å². The third-order valence-corrected chi connectivity index (χ3v) is 12.2. The maximum absolute atomic E-state index is 7.38. The number of hydrogen-bond acceptors (Lipinski definition) is 10. The molecule has 0 spiro atoms. The number of morpholine rings is 1. The van der Waals surface area contributed by atoms with E-state index in [1.165, 1.54) is 11.1 Å². The van der Waals surface area contributed by atoms with Crippen molar-refractivity contribution in [2.45, 2.75) is 52.4 Å². The van der Waals surface area contributed by atoms with Gasteiger partial charge in [0.2, 0.25) is 11.2 Å². The van der Waals surface area contributed by atoms with Gasteiger partial charge in [-0.3, -0.25) is 0 Å². The molecule has 0 amide bonds. The van der Waals surface area contributed by atoms with Crippen LogP contribution in [0.25, 0.3) is 44.1 Å². The number of hydrogen-bond donors (Lipinski definition) is 0. The zero-order valence-electron chi connectivity index (χ0n) is 35.9. The minimum Gasteiger partial charge on any atom is -0.378 e. The predicted octanol–water partition coefficient (Wildman–Crippen LogP) is 13.0. The molecule has 0 N–H and O–H groups in total. The second kappa shape index (κ2) is 17.0. The van der Waals surface area contributed by atoms with Crippen molar-refractivity contribution < 1.29 is 4.74 Å². The quantitative estimate of drug-likeness (QED) is 0.108. The van der Waals surface area contributed by atoms with Gasteiger partial charge < -0.3 is 9.64 Å². The molecule has 9 rings (SSSR count). The largest absolute Gasteiger partial charge is 0.378 e. The molecule has 0 radical (unpaired) electrons. The van der Waals surface area contributed by atoms with Crippen LogP contribution in [0.1, 0.15) is 52.7 Å². The van der Waals surface area contributed by atoms with Crippen molar-refractivity contribution in [1.82, 2.24) is 29.9 Å². The number of aromatic nitrogens is 6. The molecular formula is C50H46Cl3N9O. The summed E-state index contributed by atoms with van der Waals surface area (Å²) in [4.78, 5) is 31.2. The van der Waals surface area contributed by atoms with E-state index in [0.717, 1.165) is 44.4 Å². The number of pyridine rings is 2. The Morgan fingerprint density at radius 3 is 1.46 bits per heavy atom. The van der Waals surface area contributed by atoms with Crippen LogP contribution in [0.5, 0.6) is 0 Å². The number of anilines is 5. The SMILES string of the molecule is CC(C)(C)c1ccc(N(c2ncc(-c3ccnc(Cl)n3)c3cccc(Cl)c23)N(c2ccc(C(C)(C)C)cc2)c2ncc(-c3ccnc(N4CCOCC4)n3)c3cccc(Cl)c23)cc1. The summed E-state index contributed by atoms with van der Waals surface area (Å²) in [6, 6.07) is 32.6. The van der Waals surface area contributed by atoms with Gasteiger partial charge in [-0.1, -0.05) is 113 Å². The molecule has 8 aromatic rings. The Bertz CT molecular complexity index is 2960. The van der Waals surface area contributed by atoms with Gasteiger partial charge >= 0.3 is 0 Å². The summed E-state index contributed by atoms with van der Waals surface area (Å²) in [5, 5.41) is 8.44. The molecule has 10 nitrogen and oxygen atoms in total. The Morgan fingerprint density at radius 2 is 1.00 bits per heavy atom. The Morgan fingerprint density at radius 1 is 0.540 bits per heavy atom. The van der Waals surface area contributed by atoms with Crippen LogP contribution in [0.3, 0.4) is 0 Å². The van der Waals surface area contributed by atoms with E-state index in [1.54, 1.807) is 12.4 Å². The van der Waals surface area contributed by atoms with Crippen molar-refractivity contribution in [3.63, 3.8) is 0 Å². The second-order valence-electron chi connectivity index (χ2n) is 17.6. The number of halogens is 3. The van der Waals surface area contributed by atoms with Crippen molar-refractivity contribution in [3.05, 3.63) is 148 Å². The second-order valence-corrected chi connectivity index (χ2v) is 18.7. The third-order valence-electron chi connectivity index (χ3n) is 11.4. The molecule has 0 saturated carbocycles. The Kier molecular flexibility index (Phi) is 11.4. The molecule has 1 aliphatic rings. The van der Waals surface area contributed by atoms with Gasteiger partial charge in [-0.15, -0.1) is 0 Å². The number of rotatable bonds is 8. The Labute approximate surface area is 382 Å². The molecule has 0 atom stereocenters. The summed E-state index contributed by atoms with van der Waals surface area (Å²) in [7, 11) is 0. The van der Waals surface area contributed by atoms with E-state index in [0.29, 0.717) is 65.0 Å². The molecule has 318 valence electrons. The molecule has 4 aromatic heterocycles. The fourth-order valence-corrected chi connectivity index (χ4v) is 8.64. The average molecular weight is 895 g/mol. The number of nitrogens with zero attached hydrogens (tertiary/aromatic N) is 9. The van der Waals surface area contributed by atoms with Gasteiger partial charge in [-0.2, -0.15) is 0 Å². The van der Waals surface area contributed by atoms with Gasteiger partial charge in [0.1, 0.15) is 0 Å². The zero-order chi connectivity index (χ0) is 44.0. The van der Waals surface area contributed by atoms with E-state index in [2.05, 4.69) is 126 Å². The van der Waals surface area contributed by atoms with Gasteiger partial charge in [0.05, 0.1) is 46.0 Å². The van der Waals surface area contributed by atoms with Gasteiger partial charge in [-0.05, 0) is 92.9 Å². The first-order valence-corrected chi connectivity index (χ1v) is 22.0. The number of benzene rings is 4. The first-order valence-electron chi connectivity index (χ1n) is 20.9. The summed E-state index contributed by atoms with van der Waals surface area (Å²) < 4.78 is 5.61. The fourth-order valence-electron chi connectivity index (χ4n) is 7.97. The topological polar surface area (TPSA) is 96.3 Å². The lowest BCUT2D eigenvalue weighted by Crippen LogP contribution is -2.37. The Balaban J connectivity index is 1.34. The number of ether oxygens (including phenoxy) is 1. The van der Waals surface area contributed by atoms with Crippen LogP contribution in [0.2, 0.25) is 15.3 Å². The maximum Gasteiger partial charge on any atom is 0.226 e. The highest BCUT2D eigenvalue weighted by atomic mass is 35.5. The normalized spacial score (nSPS) is 13.4. The minimum atomic E-state index is -0.0930. The molecule has 0 bridgehead atoms. The monoisotopic (exact) mass is 893 g/mol. The van der Waals surface area contributed by atoms with Gasteiger partial charge in [0, 0.05) is 59.8 Å². The lowest BCUT2D eigenvalue weighted by atomic mass is 9.87. The minimum absolute atomic E-state index is 0.0929. The van der Waals surface area contributed by atoms with Gasteiger partial charge in [-0.25, -0.2) is 39.9 Å². The molecule has 4 aromatic carbocycles. The van der Waals surface area contributed by atoms with Gasteiger partial charge in [0.25, 0.3) is 0 Å². The molecule has 13 heteroatoms. The molecular weight excluding hydrogens is 849 g/mol. The van der Waals surface area contributed by atoms with Crippen LogP contribution in [-0.2, 0) is 15.6 Å². The Hall–Kier alpha value is -5.91. The van der Waals surface area contributed by atoms with E-state index in [-0.39, 0.29) is 16.1 Å². The summed E-state index contributed by atoms with van der Waals surface area (Å²) in [6.45, 7) is 15.9. The molecule has 63 heavy (non-hydrogen) atoms. The molecule has 1 saturated heterocycles. The van der Waals surface area contributed by atoms with Crippen LogP contribution in [0.15, 0.2) is 122 Å². The smallest absolute Gasteiger partial charge is 0.226 e. The lowest BCUT2D eigenvalue weighted by molar-refractivity contribution is 0.122. The maximum atomic E-state index is 7.38. The number of hydrazine groups is 1. The predicted molar refractivity (Wildman–Crippen MR) is 258 cm³/mol. The van der Waals surface area contributed by atoms with Crippen LogP contribution in [-0.4, -0.2) is 56.2 Å². The average Bonchev–Trinajstić information content (AvgIpc) is 3.28. The van der Waals surface area contributed by atoms with E-state index >= 15 is 0 Å². The van der Waals surface area contributed by atoms with Crippen LogP contribution < -0.4 is 14.9 Å². The van der Waals surface area contributed by atoms with Crippen molar-refractivity contribution in [1.29, 1.82) is 0 Å². The van der Waals surface area contributed by atoms with E-state index in [4.69, 9.17) is 54.5 Å². The van der Waals surface area contributed by atoms with Crippen molar-refractivity contribution in [3.8, 4) is 22.5 Å². The lowest BCUT2D eigenvalue weighted by Gasteiger charge is -2.38. The van der Waals surface area contributed by atoms with Crippen molar-refractivity contribution >= 4 is 85.3 Å². The van der Waals surface area contributed by atoms with Gasteiger partial charge in [0.15, 0.2) is 11.6 Å². The summed E-state index contributed by atoms with van der Waals surface area (Å²) in [5.41, 5.74) is 6.71. The highest BCUT2D eigenvalue weighted by molar-refractivity contribution is 6.38. The zero-order valence-corrected chi connectivity index (χ0v) is 38.2. The standard InChI is InChI=1S/C50H46Cl3N9O/c1-49(2,3)31-13-17-33(18-14-31)61(45-43-35(9-7-11-39(43)51)37(29-56-45)41-21-23-54-47(53)58-41)62(34-19-15-32(16-20-34)50(4,5)6)46-44-36(10-8-12-40(44)52)38(30-57-46)42-22-24-55-48(59-42)60-25-27-63-28-26-60/h7-24,29-30H,25-28H2,1-6H3. The van der Waals surface area contributed by atoms with Crippen molar-refractivity contribution in [2.24, 2.45) is 0 Å². The van der Waals surface area contributed by atoms with Crippen molar-refractivity contribution in [2.75, 3.05) is 41.2 Å².